The van der Waals surface area contributed by atoms with E-state index in [-0.39, 0.29) is 17.5 Å². The molecule has 2 aromatic heterocycles. The zero-order valence-corrected chi connectivity index (χ0v) is 14.4. The minimum Gasteiger partial charge on any atom is -0.360 e. The first-order chi connectivity index (χ1) is 10.9. The van der Waals surface area contributed by atoms with E-state index < -0.39 is 0 Å². The van der Waals surface area contributed by atoms with Crippen molar-refractivity contribution in [2.24, 2.45) is 0 Å². The van der Waals surface area contributed by atoms with E-state index in [4.69, 9.17) is 0 Å². The van der Waals surface area contributed by atoms with Crippen molar-refractivity contribution in [1.82, 2.24) is 20.1 Å². The molecule has 1 saturated carbocycles. The van der Waals surface area contributed by atoms with Crippen molar-refractivity contribution in [2.75, 3.05) is 5.32 Å². The average Bonchev–Trinajstić information content (AvgIpc) is 3.00. The Kier molecular flexibility index (Phi) is 3.23. The van der Waals surface area contributed by atoms with Gasteiger partial charge in [0.1, 0.15) is 16.4 Å². The second-order valence-corrected chi connectivity index (χ2v) is 8.36. The van der Waals surface area contributed by atoms with E-state index in [2.05, 4.69) is 41.5 Å². The largest absolute Gasteiger partial charge is 0.360 e. The van der Waals surface area contributed by atoms with Gasteiger partial charge in [0.25, 0.3) is 5.91 Å². The van der Waals surface area contributed by atoms with Crippen LogP contribution >= 0.6 is 11.3 Å². The van der Waals surface area contributed by atoms with E-state index in [0.29, 0.717) is 11.6 Å². The van der Waals surface area contributed by atoms with Gasteiger partial charge in [-0.2, -0.15) is 5.10 Å². The highest BCUT2D eigenvalue weighted by Crippen LogP contribution is 2.40. The number of nitrogens with zero attached hydrogens (tertiary/aromatic N) is 3. The monoisotopic (exact) mass is 331 g/mol. The number of hydrogen-bond acceptors (Lipinski definition) is 5. The van der Waals surface area contributed by atoms with Crippen LogP contribution in [0.5, 0.6) is 0 Å². The Bertz CT molecular complexity index is 758. The zero-order chi connectivity index (χ0) is 16.2. The first-order valence-electron chi connectivity index (χ1n) is 8.02. The van der Waals surface area contributed by atoms with E-state index in [1.165, 1.54) is 4.88 Å². The first-order valence-corrected chi connectivity index (χ1v) is 8.84. The smallest absolute Gasteiger partial charge is 0.256 e. The Balaban J connectivity index is 1.68. The fraction of sp³-hybridized carbons (Fsp3) is 0.562. The van der Waals surface area contributed by atoms with Crippen molar-refractivity contribution >= 4 is 23.1 Å². The molecule has 0 aromatic carbocycles. The molecule has 0 radical (unpaired) electrons. The first kappa shape index (κ1) is 14.7. The molecule has 4 rings (SSSR count). The van der Waals surface area contributed by atoms with Crippen molar-refractivity contribution in [3.8, 4) is 0 Å². The van der Waals surface area contributed by atoms with Crippen LogP contribution in [0.3, 0.4) is 0 Å². The molecule has 1 aliphatic heterocycles. The maximum Gasteiger partial charge on any atom is 0.256 e. The van der Waals surface area contributed by atoms with Crippen molar-refractivity contribution < 1.29 is 4.79 Å². The molecule has 1 amide bonds. The van der Waals surface area contributed by atoms with Crippen molar-refractivity contribution in [1.29, 1.82) is 0 Å². The molecule has 1 atom stereocenters. The van der Waals surface area contributed by atoms with Gasteiger partial charge in [0.05, 0.1) is 17.8 Å². The number of rotatable bonds is 3. The third-order valence-corrected chi connectivity index (χ3v) is 5.48. The number of fused-ring (bicyclic) bond motifs is 1. The van der Waals surface area contributed by atoms with Gasteiger partial charge in [0, 0.05) is 17.1 Å². The van der Waals surface area contributed by atoms with E-state index in [9.17, 15) is 4.79 Å². The number of anilines is 1. The van der Waals surface area contributed by atoms with E-state index in [0.717, 1.165) is 30.1 Å². The fourth-order valence-corrected chi connectivity index (χ4v) is 3.91. The lowest BCUT2D eigenvalue weighted by molar-refractivity contribution is 0.0951. The summed E-state index contributed by atoms with van der Waals surface area (Å²) in [7, 11) is 0. The molecule has 122 valence electrons. The SMILES string of the molecule is Cc1cnc(C2CC(C)(C)n3ncc(C(=O)NC4CC4)c3N2)s1. The molecule has 1 aliphatic carbocycles. The number of aryl methyl sites for hydroxylation is 1. The topological polar surface area (TPSA) is 71.8 Å². The van der Waals surface area contributed by atoms with Crippen LogP contribution in [0.25, 0.3) is 0 Å². The van der Waals surface area contributed by atoms with Gasteiger partial charge >= 0.3 is 0 Å². The minimum atomic E-state index is -0.164. The zero-order valence-electron chi connectivity index (χ0n) is 13.6. The summed E-state index contributed by atoms with van der Waals surface area (Å²) in [6.07, 6.45) is 6.63. The van der Waals surface area contributed by atoms with Crippen LogP contribution in [0.15, 0.2) is 12.4 Å². The fourth-order valence-electron chi connectivity index (χ4n) is 3.09. The molecule has 2 aromatic rings. The molecule has 6 nitrogen and oxygen atoms in total. The summed E-state index contributed by atoms with van der Waals surface area (Å²) in [6.45, 7) is 6.37. The highest BCUT2D eigenvalue weighted by molar-refractivity contribution is 7.11. The Morgan fingerprint density at radius 1 is 1.43 bits per heavy atom. The van der Waals surface area contributed by atoms with Crippen LogP contribution in [-0.2, 0) is 5.54 Å². The van der Waals surface area contributed by atoms with Crippen LogP contribution < -0.4 is 10.6 Å². The number of hydrogen-bond donors (Lipinski definition) is 2. The molecule has 0 bridgehead atoms. The molecule has 2 aliphatic rings. The number of amides is 1. The molecule has 0 spiro atoms. The summed E-state index contributed by atoms with van der Waals surface area (Å²) < 4.78 is 1.94. The normalized spacial score (nSPS) is 22.3. The number of thiazole rings is 1. The lowest BCUT2D eigenvalue weighted by atomic mass is 9.93. The van der Waals surface area contributed by atoms with Gasteiger partial charge in [0.15, 0.2) is 0 Å². The van der Waals surface area contributed by atoms with E-state index in [1.807, 2.05) is 10.9 Å². The highest BCUT2D eigenvalue weighted by Gasteiger charge is 2.38. The third-order valence-electron chi connectivity index (χ3n) is 4.45. The minimum absolute atomic E-state index is 0.0342. The van der Waals surface area contributed by atoms with Crippen LogP contribution in [0.2, 0.25) is 0 Å². The van der Waals surface area contributed by atoms with Crippen molar-refractivity contribution in [2.45, 2.75) is 57.7 Å². The van der Waals surface area contributed by atoms with Crippen molar-refractivity contribution in [3.05, 3.63) is 27.8 Å². The lowest BCUT2D eigenvalue weighted by Gasteiger charge is -2.37. The summed E-state index contributed by atoms with van der Waals surface area (Å²) in [6, 6.07) is 0.451. The molecule has 2 N–H and O–H groups in total. The summed E-state index contributed by atoms with van der Waals surface area (Å²) in [5.74, 6) is 0.769. The highest BCUT2D eigenvalue weighted by atomic mass is 32.1. The molecule has 7 heteroatoms. The number of nitrogens with one attached hydrogen (secondary N) is 2. The van der Waals surface area contributed by atoms with E-state index >= 15 is 0 Å². The van der Waals surface area contributed by atoms with Gasteiger partial charge in [0.2, 0.25) is 0 Å². The summed E-state index contributed by atoms with van der Waals surface area (Å²) in [5, 5.41) is 12.1. The standard InChI is InChI=1S/C16H21N5OS/c1-9-7-17-15(23-9)12-6-16(2,3)21-13(20-12)11(8-18-21)14(22)19-10-4-5-10/h7-8,10,12,20H,4-6H2,1-3H3,(H,19,22). The Morgan fingerprint density at radius 2 is 2.22 bits per heavy atom. The van der Waals surface area contributed by atoms with Crippen LogP contribution in [0, 0.1) is 6.92 Å². The van der Waals surface area contributed by atoms with Gasteiger partial charge in [-0.3, -0.25) is 4.79 Å². The lowest BCUT2D eigenvalue weighted by Crippen LogP contribution is -2.38. The molecule has 0 saturated heterocycles. The average molecular weight is 331 g/mol. The quantitative estimate of drug-likeness (QED) is 0.907. The Hall–Kier alpha value is -1.89. The predicted octanol–water partition coefficient (Wildman–Crippen LogP) is 2.83. The molecular formula is C16H21N5OS. The van der Waals surface area contributed by atoms with Gasteiger partial charge in [-0.25, -0.2) is 9.67 Å². The maximum atomic E-state index is 12.5. The second-order valence-electron chi connectivity index (χ2n) is 7.09. The molecular weight excluding hydrogens is 310 g/mol. The predicted molar refractivity (Wildman–Crippen MR) is 89.9 cm³/mol. The number of aromatic nitrogens is 3. The Morgan fingerprint density at radius 3 is 2.87 bits per heavy atom. The maximum absolute atomic E-state index is 12.5. The van der Waals surface area contributed by atoms with E-state index in [1.54, 1.807) is 17.5 Å². The summed E-state index contributed by atoms with van der Waals surface area (Å²) in [4.78, 5) is 18.2. The summed E-state index contributed by atoms with van der Waals surface area (Å²) in [5.41, 5.74) is 0.464. The Labute approximate surface area is 139 Å². The van der Waals surface area contributed by atoms with Gasteiger partial charge in [-0.15, -0.1) is 11.3 Å². The molecule has 1 fully saturated rings. The van der Waals surface area contributed by atoms with Crippen LogP contribution in [0.4, 0.5) is 5.82 Å². The van der Waals surface area contributed by atoms with Gasteiger partial charge in [-0.1, -0.05) is 0 Å². The molecule has 23 heavy (non-hydrogen) atoms. The molecule has 1 unspecified atom stereocenters. The van der Waals surface area contributed by atoms with Gasteiger partial charge < -0.3 is 10.6 Å². The molecule has 3 heterocycles. The number of carbonyl (C=O) groups excluding carboxylic acids is 1. The second kappa shape index (κ2) is 5.06. The third kappa shape index (κ3) is 2.63. The van der Waals surface area contributed by atoms with Crippen LogP contribution in [0.1, 0.15) is 59.4 Å². The van der Waals surface area contributed by atoms with Crippen LogP contribution in [-0.4, -0.2) is 26.7 Å². The van der Waals surface area contributed by atoms with Gasteiger partial charge in [-0.05, 0) is 40.0 Å². The summed E-state index contributed by atoms with van der Waals surface area (Å²) >= 11 is 1.70. The number of carbonyl (C=O) groups is 1. The van der Waals surface area contributed by atoms with Crippen molar-refractivity contribution in [3.63, 3.8) is 0 Å².